The molecule has 1 amide bonds. The fourth-order valence-electron chi connectivity index (χ4n) is 2.14. The van der Waals surface area contributed by atoms with Gasteiger partial charge in [-0.25, -0.2) is 4.39 Å². The number of carbonyl (C=O) groups excluding carboxylic acids is 1. The van der Waals surface area contributed by atoms with Crippen LogP contribution in [0.5, 0.6) is 0 Å². The van der Waals surface area contributed by atoms with Crippen LogP contribution in [0, 0.1) is 11.7 Å². The van der Waals surface area contributed by atoms with E-state index >= 15 is 0 Å². The zero-order valence-electron chi connectivity index (χ0n) is 10.0. The molecule has 1 fully saturated rings. The van der Waals surface area contributed by atoms with E-state index in [1.165, 1.54) is 18.2 Å². The highest BCUT2D eigenvalue weighted by molar-refractivity contribution is 6.33. The maximum absolute atomic E-state index is 13.0. The van der Waals surface area contributed by atoms with Crippen LogP contribution >= 0.6 is 11.6 Å². The van der Waals surface area contributed by atoms with E-state index in [-0.39, 0.29) is 5.91 Å². The number of amides is 1. The van der Waals surface area contributed by atoms with E-state index in [1.54, 1.807) is 0 Å². The quantitative estimate of drug-likeness (QED) is 0.887. The Morgan fingerprint density at radius 3 is 2.89 bits per heavy atom. The second kappa shape index (κ2) is 6.16. The van der Waals surface area contributed by atoms with E-state index in [0.717, 1.165) is 25.9 Å². The predicted octanol–water partition coefficient (Wildman–Crippen LogP) is 2.81. The van der Waals surface area contributed by atoms with Crippen molar-refractivity contribution in [3.63, 3.8) is 0 Å². The molecule has 0 unspecified atom stereocenters. The highest BCUT2D eigenvalue weighted by Gasteiger charge is 2.17. The van der Waals surface area contributed by atoms with Crippen molar-refractivity contribution in [3.8, 4) is 0 Å². The van der Waals surface area contributed by atoms with Crippen LogP contribution in [-0.4, -0.2) is 19.0 Å². The first-order valence-corrected chi connectivity index (χ1v) is 6.48. The van der Waals surface area contributed by atoms with Gasteiger partial charge in [0.05, 0.1) is 10.7 Å². The van der Waals surface area contributed by atoms with Gasteiger partial charge in [0.25, 0.3) is 0 Å². The van der Waals surface area contributed by atoms with E-state index in [0.29, 0.717) is 23.0 Å². The van der Waals surface area contributed by atoms with Crippen molar-refractivity contribution in [1.29, 1.82) is 0 Å². The lowest BCUT2D eigenvalue weighted by Crippen LogP contribution is -2.30. The molecular weight excluding hydrogens is 255 g/mol. The number of piperidine rings is 1. The van der Waals surface area contributed by atoms with Gasteiger partial charge in [0.15, 0.2) is 0 Å². The Bertz CT molecular complexity index is 433. The summed E-state index contributed by atoms with van der Waals surface area (Å²) < 4.78 is 13.0. The molecule has 0 spiro atoms. The van der Waals surface area contributed by atoms with Gasteiger partial charge in [-0.05, 0) is 50.0 Å². The Morgan fingerprint density at radius 1 is 1.44 bits per heavy atom. The number of halogens is 2. The lowest BCUT2D eigenvalue weighted by molar-refractivity contribution is -0.117. The van der Waals surface area contributed by atoms with E-state index < -0.39 is 5.82 Å². The summed E-state index contributed by atoms with van der Waals surface area (Å²) in [4.78, 5) is 11.8. The lowest BCUT2D eigenvalue weighted by Gasteiger charge is -2.22. The third-order valence-electron chi connectivity index (χ3n) is 3.14. The number of hydrogen-bond acceptors (Lipinski definition) is 2. The second-order valence-corrected chi connectivity index (χ2v) is 4.98. The molecule has 0 aliphatic carbocycles. The molecule has 1 heterocycles. The molecule has 2 rings (SSSR count). The fraction of sp³-hybridized carbons (Fsp3) is 0.462. The van der Waals surface area contributed by atoms with Gasteiger partial charge in [-0.3, -0.25) is 4.79 Å². The van der Waals surface area contributed by atoms with Crippen molar-refractivity contribution in [2.75, 3.05) is 18.4 Å². The average Bonchev–Trinajstić information content (AvgIpc) is 2.35. The number of rotatable bonds is 3. The predicted molar refractivity (Wildman–Crippen MR) is 70.3 cm³/mol. The minimum absolute atomic E-state index is 0.102. The van der Waals surface area contributed by atoms with Crippen LogP contribution in [-0.2, 0) is 4.79 Å². The molecule has 98 valence electrons. The van der Waals surface area contributed by atoms with E-state index in [1.807, 2.05) is 0 Å². The largest absolute Gasteiger partial charge is 0.325 e. The summed E-state index contributed by atoms with van der Waals surface area (Å²) in [5.74, 6) is -0.107. The van der Waals surface area contributed by atoms with Crippen LogP contribution in [0.4, 0.5) is 10.1 Å². The normalized spacial score (nSPS) is 16.6. The molecule has 1 aliphatic rings. The molecule has 1 aromatic rings. The first-order valence-electron chi connectivity index (χ1n) is 6.11. The Morgan fingerprint density at radius 2 is 2.17 bits per heavy atom. The molecular formula is C13H16ClFN2O. The van der Waals surface area contributed by atoms with Crippen LogP contribution in [0.25, 0.3) is 0 Å². The molecule has 1 saturated heterocycles. The zero-order valence-corrected chi connectivity index (χ0v) is 10.8. The van der Waals surface area contributed by atoms with Gasteiger partial charge in [0, 0.05) is 6.42 Å². The van der Waals surface area contributed by atoms with Crippen molar-refractivity contribution in [1.82, 2.24) is 5.32 Å². The third-order valence-corrected chi connectivity index (χ3v) is 3.46. The van der Waals surface area contributed by atoms with Gasteiger partial charge in [0.1, 0.15) is 5.82 Å². The van der Waals surface area contributed by atoms with Crippen LogP contribution in [0.2, 0.25) is 5.02 Å². The summed E-state index contributed by atoms with van der Waals surface area (Å²) in [5, 5.41) is 6.28. The highest BCUT2D eigenvalue weighted by atomic mass is 35.5. The molecule has 2 N–H and O–H groups in total. The fourth-order valence-corrected chi connectivity index (χ4v) is 2.31. The van der Waals surface area contributed by atoms with Crippen LogP contribution in [0.1, 0.15) is 19.3 Å². The van der Waals surface area contributed by atoms with Gasteiger partial charge >= 0.3 is 0 Å². The van der Waals surface area contributed by atoms with Gasteiger partial charge in [0.2, 0.25) is 5.91 Å². The monoisotopic (exact) mass is 270 g/mol. The minimum Gasteiger partial charge on any atom is -0.325 e. The second-order valence-electron chi connectivity index (χ2n) is 4.57. The summed E-state index contributed by atoms with van der Waals surface area (Å²) in [5.41, 5.74) is 0.343. The standard InChI is InChI=1S/C13H16ClFN2O/c14-11-2-1-10(15)8-12(11)17-13(18)7-9-3-5-16-6-4-9/h1-2,8-9,16H,3-7H2,(H,17,18). The van der Waals surface area contributed by atoms with Crippen LogP contribution < -0.4 is 10.6 Å². The molecule has 5 heteroatoms. The van der Waals surface area contributed by atoms with Crippen molar-refractivity contribution in [3.05, 3.63) is 29.0 Å². The Labute approximate surface area is 111 Å². The smallest absolute Gasteiger partial charge is 0.224 e. The molecule has 0 radical (unpaired) electrons. The Hall–Kier alpha value is -1.13. The Kier molecular flexibility index (Phi) is 4.55. The van der Waals surface area contributed by atoms with E-state index in [4.69, 9.17) is 11.6 Å². The molecule has 1 aromatic carbocycles. The maximum atomic E-state index is 13.0. The van der Waals surface area contributed by atoms with Gasteiger partial charge in [-0.2, -0.15) is 0 Å². The number of benzene rings is 1. The van der Waals surface area contributed by atoms with Gasteiger partial charge < -0.3 is 10.6 Å². The molecule has 3 nitrogen and oxygen atoms in total. The SMILES string of the molecule is O=C(CC1CCNCC1)Nc1cc(F)ccc1Cl. The van der Waals surface area contributed by atoms with Crippen molar-refractivity contribution in [2.24, 2.45) is 5.92 Å². The average molecular weight is 271 g/mol. The summed E-state index contributed by atoms with van der Waals surface area (Å²) in [6.07, 6.45) is 2.48. The molecule has 18 heavy (non-hydrogen) atoms. The summed E-state index contributed by atoms with van der Waals surface area (Å²) in [7, 11) is 0. The Balaban J connectivity index is 1.92. The maximum Gasteiger partial charge on any atom is 0.224 e. The highest BCUT2D eigenvalue weighted by Crippen LogP contribution is 2.23. The first kappa shape index (κ1) is 13.3. The number of hydrogen-bond donors (Lipinski definition) is 2. The van der Waals surface area contributed by atoms with Gasteiger partial charge in [-0.1, -0.05) is 11.6 Å². The summed E-state index contributed by atoms with van der Waals surface area (Å²) >= 11 is 5.89. The number of anilines is 1. The molecule has 0 aromatic heterocycles. The molecule has 0 atom stereocenters. The van der Waals surface area contributed by atoms with Crippen molar-refractivity contribution >= 4 is 23.2 Å². The van der Waals surface area contributed by atoms with E-state index in [9.17, 15) is 9.18 Å². The minimum atomic E-state index is -0.406. The zero-order chi connectivity index (χ0) is 13.0. The van der Waals surface area contributed by atoms with Crippen molar-refractivity contribution in [2.45, 2.75) is 19.3 Å². The number of nitrogens with one attached hydrogen (secondary N) is 2. The number of carbonyl (C=O) groups is 1. The van der Waals surface area contributed by atoms with Gasteiger partial charge in [-0.15, -0.1) is 0 Å². The first-order chi connectivity index (χ1) is 8.65. The molecule has 1 aliphatic heterocycles. The lowest BCUT2D eigenvalue weighted by atomic mass is 9.94. The third kappa shape index (κ3) is 3.68. The van der Waals surface area contributed by atoms with Crippen molar-refractivity contribution < 1.29 is 9.18 Å². The topological polar surface area (TPSA) is 41.1 Å². The van der Waals surface area contributed by atoms with Crippen LogP contribution in [0.3, 0.4) is 0 Å². The summed E-state index contributed by atoms with van der Waals surface area (Å²) in [6.45, 7) is 1.91. The molecule has 0 saturated carbocycles. The molecule has 0 bridgehead atoms. The van der Waals surface area contributed by atoms with E-state index in [2.05, 4.69) is 10.6 Å². The summed E-state index contributed by atoms with van der Waals surface area (Å²) in [6, 6.07) is 3.95. The van der Waals surface area contributed by atoms with Crippen LogP contribution in [0.15, 0.2) is 18.2 Å².